The molecular weight excluding hydrogens is 242 g/mol. The van der Waals surface area contributed by atoms with Gasteiger partial charge in [-0.2, -0.15) is 0 Å². The van der Waals surface area contributed by atoms with Crippen LogP contribution in [0.5, 0.6) is 5.75 Å². The van der Waals surface area contributed by atoms with Crippen LogP contribution in [0.2, 0.25) is 5.02 Å². The van der Waals surface area contributed by atoms with Gasteiger partial charge in [0.05, 0.1) is 5.69 Å². The number of anilines is 1. The van der Waals surface area contributed by atoms with Gasteiger partial charge in [0.25, 0.3) is 5.91 Å². The van der Waals surface area contributed by atoms with Crippen molar-refractivity contribution in [2.24, 2.45) is 0 Å². The first-order valence-corrected chi connectivity index (χ1v) is 5.89. The fraction of sp³-hybridized carbons (Fsp3) is 0.417. The number of nitrogens with zero attached hydrogens (tertiary/aromatic N) is 1. The van der Waals surface area contributed by atoms with Crippen LogP contribution < -0.4 is 9.64 Å². The summed E-state index contributed by atoms with van der Waals surface area (Å²) in [4.78, 5) is 13.6. The van der Waals surface area contributed by atoms with Crippen LogP contribution in [0.4, 0.5) is 5.69 Å². The van der Waals surface area contributed by atoms with E-state index in [1.165, 1.54) is 0 Å². The fourth-order valence-corrected chi connectivity index (χ4v) is 2.01. The summed E-state index contributed by atoms with van der Waals surface area (Å²) in [6.45, 7) is 2.23. The Morgan fingerprint density at radius 1 is 1.53 bits per heavy atom. The fourth-order valence-electron chi connectivity index (χ4n) is 1.84. The molecule has 0 saturated heterocycles. The Balaban J connectivity index is 2.36. The summed E-state index contributed by atoms with van der Waals surface area (Å²) in [6.07, 6.45) is 0.0343. The highest BCUT2D eigenvalue weighted by molar-refractivity contribution is 6.31. The number of carbonyl (C=O) groups excluding carboxylic acids is 1. The molecule has 5 heteroatoms. The predicted octanol–water partition coefficient (Wildman–Crippen LogP) is 1.84. The highest BCUT2D eigenvalue weighted by Crippen LogP contribution is 2.36. The zero-order chi connectivity index (χ0) is 12.4. The van der Waals surface area contributed by atoms with E-state index in [-0.39, 0.29) is 12.5 Å². The van der Waals surface area contributed by atoms with E-state index in [9.17, 15) is 4.79 Å². The summed E-state index contributed by atoms with van der Waals surface area (Å²) in [7, 11) is 0. The number of benzene rings is 1. The average Bonchev–Trinajstić information content (AvgIpc) is 2.31. The topological polar surface area (TPSA) is 49.8 Å². The Labute approximate surface area is 105 Å². The van der Waals surface area contributed by atoms with Gasteiger partial charge in [-0.1, -0.05) is 11.6 Å². The van der Waals surface area contributed by atoms with E-state index in [1.54, 1.807) is 30.0 Å². The number of ether oxygens (including phenoxy) is 1. The highest BCUT2D eigenvalue weighted by Gasteiger charge is 2.31. The number of hydrogen-bond acceptors (Lipinski definition) is 3. The van der Waals surface area contributed by atoms with E-state index in [0.29, 0.717) is 29.4 Å². The molecule has 1 heterocycles. The van der Waals surface area contributed by atoms with Crippen molar-refractivity contribution in [2.75, 3.05) is 18.1 Å². The normalized spacial score (nSPS) is 18.9. The molecule has 0 aromatic heterocycles. The van der Waals surface area contributed by atoms with Crippen molar-refractivity contribution in [3.63, 3.8) is 0 Å². The minimum Gasteiger partial charge on any atom is -0.479 e. The monoisotopic (exact) mass is 255 g/mol. The van der Waals surface area contributed by atoms with Crippen molar-refractivity contribution in [2.45, 2.75) is 19.4 Å². The first-order chi connectivity index (χ1) is 8.13. The van der Waals surface area contributed by atoms with Crippen molar-refractivity contribution in [3.8, 4) is 5.75 Å². The molecule has 1 atom stereocenters. The molecule has 4 nitrogen and oxygen atoms in total. The minimum absolute atomic E-state index is 0.0505. The molecule has 1 N–H and O–H groups in total. The third-order valence-corrected chi connectivity index (χ3v) is 2.90. The van der Waals surface area contributed by atoms with E-state index in [4.69, 9.17) is 21.4 Å². The van der Waals surface area contributed by atoms with E-state index < -0.39 is 6.10 Å². The molecule has 0 fully saturated rings. The molecule has 0 radical (unpaired) electrons. The second-order valence-corrected chi connectivity index (χ2v) is 4.38. The molecule has 1 unspecified atom stereocenters. The van der Waals surface area contributed by atoms with E-state index in [0.717, 1.165) is 0 Å². The van der Waals surface area contributed by atoms with Crippen LogP contribution in [0.15, 0.2) is 18.2 Å². The zero-order valence-electron chi connectivity index (χ0n) is 9.52. The Morgan fingerprint density at radius 3 is 3.00 bits per heavy atom. The van der Waals surface area contributed by atoms with Crippen LogP contribution in [0.1, 0.15) is 13.3 Å². The Bertz CT molecular complexity index is 436. The molecule has 1 aromatic rings. The van der Waals surface area contributed by atoms with E-state index >= 15 is 0 Å². The number of halogens is 1. The lowest BCUT2D eigenvalue weighted by Crippen LogP contribution is -2.45. The summed E-state index contributed by atoms with van der Waals surface area (Å²) in [5.41, 5.74) is 0.675. The van der Waals surface area contributed by atoms with Gasteiger partial charge in [0.2, 0.25) is 0 Å². The lowest BCUT2D eigenvalue weighted by molar-refractivity contribution is -0.125. The smallest absolute Gasteiger partial charge is 0.267 e. The number of aliphatic hydroxyl groups excluding tert-OH is 1. The SMILES string of the molecule is CC1Oc2ccc(Cl)cc2N(CCCO)C1=O. The van der Waals surface area contributed by atoms with Gasteiger partial charge in [0.15, 0.2) is 6.10 Å². The van der Waals surface area contributed by atoms with Gasteiger partial charge in [-0.05, 0) is 31.5 Å². The minimum atomic E-state index is -0.498. The second-order valence-electron chi connectivity index (χ2n) is 3.94. The molecule has 2 rings (SSSR count). The summed E-state index contributed by atoms with van der Waals surface area (Å²) >= 11 is 5.92. The second kappa shape index (κ2) is 4.94. The van der Waals surface area contributed by atoms with Crippen LogP contribution in [0, 0.1) is 0 Å². The van der Waals surface area contributed by atoms with Gasteiger partial charge < -0.3 is 14.7 Å². The third-order valence-electron chi connectivity index (χ3n) is 2.67. The lowest BCUT2D eigenvalue weighted by atomic mass is 10.2. The van der Waals surface area contributed by atoms with Crippen LogP contribution in [0.3, 0.4) is 0 Å². The predicted molar refractivity (Wildman–Crippen MR) is 65.6 cm³/mol. The molecular formula is C12H14ClNO3. The molecule has 0 bridgehead atoms. The number of carbonyl (C=O) groups is 1. The largest absolute Gasteiger partial charge is 0.479 e. The summed E-state index contributed by atoms with van der Waals surface area (Å²) in [5.74, 6) is 0.549. The molecule has 1 aromatic carbocycles. The van der Waals surface area contributed by atoms with Gasteiger partial charge in [-0.15, -0.1) is 0 Å². The molecule has 92 valence electrons. The van der Waals surface area contributed by atoms with Gasteiger partial charge in [-0.25, -0.2) is 0 Å². The number of aliphatic hydroxyl groups is 1. The molecule has 0 aliphatic carbocycles. The first-order valence-electron chi connectivity index (χ1n) is 5.52. The summed E-state index contributed by atoms with van der Waals surface area (Å²) in [5, 5.41) is 9.42. The van der Waals surface area contributed by atoms with Crippen molar-refractivity contribution < 1.29 is 14.6 Å². The average molecular weight is 256 g/mol. The Hall–Kier alpha value is -1.26. The number of hydrogen-bond donors (Lipinski definition) is 1. The van der Waals surface area contributed by atoms with Crippen LogP contribution in [0.25, 0.3) is 0 Å². The summed E-state index contributed by atoms with van der Waals surface area (Å²) in [6, 6.07) is 5.19. The molecule has 0 spiro atoms. The summed E-state index contributed by atoms with van der Waals surface area (Å²) < 4.78 is 5.50. The third kappa shape index (κ3) is 2.37. The van der Waals surface area contributed by atoms with Crippen molar-refractivity contribution in [1.82, 2.24) is 0 Å². The maximum absolute atomic E-state index is 12.0. The van der Waals surface area contributed by atoms with E-state index in [1.807, 2.05) is 0 Å². The Kier molecular flexibility index (Phi) is 3.54. The van der Waals surface area contributed by atoms with Gasteiger partial charge >= 0.3 is 0 Å². The van der Waals surface area contributed by atoms with Gasteiger partial charge in [0, 0.05) is 18.2 Å². The maximum Gasteiger partial charge on any atom is 0.267 e. The number of amides is 1. The lowest BCUT2D eigenvalue weighted by Gasteiger charge is -2.33. The van der Waals surface area contributed by atoms with E-state index in [2.05, 4.69) is 0 Å². The quantitative estimate of drug-likeness (QED) is 0.897. The zero-order valence-corrected chi connectivity index (χ0v) is 10.3. The van der Waals surface area contributed by atoms with Crippen LogP contribution in [-0.2, 0) is 4.79 Å². The number of rotatable bonds is 3. The first kappa shape index (κ1) is 12.2. The molecule has 1 amide bonds. The number of fused-ring (bicyclic) bond motifs is 1. The van der Waals surface area contributed by atoms with Crippen molar-refractivity contribution in [1.29, 1.82) is 0 Å². The molecule has 1 aliphatic rings. The standard InChI is InChI=1S/C12H14ClNO3/c1-8-12(16)14(5-2-6-15)10-7-9(13)3-4-11(10)17-8/h3-4,7-8,15H,2,5-6H2,1H3. The van der Waals surface area contributed by atoms with Crippen LogP contribution >= 0.6 is 11.6 Å². The molecule has 17 heavy (non-hydrogen) atoms. The van der Waals surface area contributed by atoms with Gasteiger partial charge in [-0.3, -0.25) is 4.79 Å². The Morgan fingerprint density at radius 2 is 2.29 bits per heavy atom. The van der Waals surface area contributed by atoms with Crippen molar-refractivity contribution in [3.05, 3.63) is 23.2 Å². The molecule has 0 saturated carbocycles. The highest BCUT2D eigenvalue weighted by atomic mass is 35.5. The van der Waals surface area contributed by atoms with Crippen molar-refractivity contribution >= 4 is 23.2 Å². The molecule has 1 aliphatic heterocycles. The maximum atomic E-state index is 12.0. The van der Waals surface area contributed by atoms with Crippen LogP contribution in [-0.4, -0.2) is 30.3 Å². The van der Waals surface area contributed by atoms with Gasteiger partial charge in [0.1, 0.15) is 5.75 Å².